The number of aromatic nitrogens is 1. The van der Waals surface area contributed by atoms with Crippen molar-refractivity contribution < 1.29 is 13.9 Å². The molecule has 1 aromatic heterocycles. The van der Waals surface area contributed by atoms with Crippen LogP contribution in [0.25, 0.3) is 11.5 Å². The molecule has 0 fully saturated rings. The molecule has 0 saturated carbocycles. The standard InChI is InChI=1S/C18H15ClN2O3/c1-12(22)20-15-5-7-17(8-6-15)23-10-16-11-24-18(21-16)13-3-2-4-14(19)9-13/h2-9,11H,10H2,1H3,(H,20,22). The van der Waals surface area contributed by atoms with Crippen LogP contribution in [0.3, 0.4) is 0 Å². The van der Waals surface area contributed by atoms with Gasteiger partial charge in [-0.05, 0) is 42.5 Å². The number of rotatable bonds is 5. The second kappa shape index (κ2) is 7.19. The Balaban J connectivity index is 1.62. The fraction of sp³-hybridized carbons (Fsp3) is 0.111. The third kappa shape index (κ3) is 4.14. The average molecular weight is 343 g/mol. The van der Waals surface area contributed by atoms with Crippen molar-refractivity contribution in [2.75, 3.05) is 5.32 Å². The molecular formula is C18H15ClN2O3. The number of hydrogen-bond acceptors (Lipinski definition) is 4. The lowest BCUT2D eigenvalue weighted by atomic mass is 10.2. The molecule has 0 aliphatic heterocycles. The summed E-state index contributed by atoms with van der Waals surface area (Å²) in [6.45, 7) is 1.75. The largest absolute Gasteiger partial charge is 0.487 e. The van der Waals surface area contributed by atoms with E-state index < -0.39 is 0 Å². The Bertz CT molecular complexity index is 843. The van der Waals surface area contributed by atoms with Crippen molar-refractivity contribution in [2.24, 2.45) is 0 Å². The van der Waals surface area contributed by atoms with Crippen molar-refractivity contribution in [3.63, 3.8) is 0 Å². The zero-order chi connectivity index (χ0) is 16.9. The Morgan fingerprint density at radius 2 is 2.04 bits per heavy atom. The third-order valence-corrected chi connectivity index (χ3v) is 3.42. The molecule has 1 N–H and O–H groups in total. The van der Waals surface area contributed by atoms with E-state index in [0.29, 0.717) is 22.4 Å². The quantitative estimate of drug-likeness (QED) is 0.739. The molecule has 2 aromatic carbocycles. The number of carbonyl (C=O) groups excluding carboxylic acids is 1. The molecule has 0 aliphatic carbocycles. The Morgan fingerprint density at radius 1 is 1.25 bits per heavy atom. The minimum absolute atomic E-state index is 0.111. The van der Waals surface area contributed by atoms with E-state index in [1.54, 1.807) is 42.7 Å². The molecule has 3 rings (SSSR count). The van der Waals surface area contributed by atoms with Crippen molar-refractivity contribution in [2.45, 2.75) is 13.5 Å². The predicted octanol–water partition coefficient (Wildman–Crippen LogP) is 4.53. The Morgan fingerprint density at radius 3 is 2.75 bits per heavy atom. The second-order valence-corrected chi connectivity index (χ2v) is 5.59. The van der Waals surface area contributed by atoms with Crippen LogP contribution in [0.4, 0.5) is 5.69 Å². The van der Waals surface area contributed by atoms with Gasteiger partial charge in [-0.25, -0.2) is 4.98 Å². The monoisotopic (exact) mass is 342 g/mol. The number of hydrogen-bond donors (Lipinski definition) is 1. The number of oxazole rings is 1. The van der Waals surface area contributed by atoms with Crippen LogP contribution in [0.15, 0.2) is 59.2 Å². The first-order valence-electron chi connectivity index (χ1n) is 7.31. The van der Waals surface area contributed by atoms with Gasteiger partial charge >= 0.3 is 0 Å². The summed E-state index contributed by atoms with van der Waals surface area (Å²) in [7, 11) is 0. The van der Waals surface area contributed by atoms with Crippen molar-refractivity contribution in [3.05, 3.63) is 65.5 Å². The first kappa shape index (κ1) is 16.1. The smallest absolute Gasteiger partial charge is 0.226 e. The first-order chi connectivity index (χ1) is 11.6. The molecule has 0 bridgehead atoms. The molecule has 0 aliphatic rings. The Hall–Kier alpha value is -2.79. The summed E-state index contributed by atoms with van der Waals surface area (Å²) < 4.78 is 11.1. The molecule has 122 valence electrons. The highest BCUT2D eigenvalue weighted by atomic mass is 35.5. The first-order valence-corrected chi connectivity index (χ1v) is 7.69. The summed E-state index contributed by atoms with van der Waals surface area (Å²) in [5.74, 6) is 1.06. The molecule has 3 aromatic rings. The molecule has 1 amide bonds. The number of nitrogens with zero attached hydrogens (tertiary/aromatic N) is 1. The highest BCUT2D eigenvalue weighted by Crippen LogP contribution is 2.23. The van der Waals surface area contributed by atoms with E-state index in [-0.39, 0.29) is 12.5 Å². The lowest BCUT2D eigenvalue weighted by molar-refractivity contribution is -0.114. The highest BCUT2D eigenvalue weighted by molar-refractivity contribution is 6.30. The van der Waals surface area contributed by atoms with Gasteiger partial charge in [0.05, 0.1) is 0 Å². The summed E-state index contributed by atoms with van der Waals surface area (Å²) in [4.78, 5) is 15.4. The van der Waals surface area contributed by atoms with Crippen LogP contribution in [0.5, 0.6) is 5.75 Å². The number of benzene rings is 2. The zero-order valence-corrected chi connectivity index (χ0v) is 13.7. The molecule has 6 heteroatoms. The van der Waals surface area contributed by atoms with Crippen LogP contribution < -0.4 is 10.1 Å². The van der Waals surface area contributed by atoms with Gasteiger partial charge < -0.3 is 14.5 Å². The molecule has 0 radical (unpaired) electrons. The maximum Gasteiger partial charge on any atom is 0.226 e. The molecule has 5 nitrogen and oxygen atoms in total. The van der Waals surface area contributed by atoms with Gasteiger partial charge in [0, 0.05) is 23.2 Å². The highest BCUT2D eigenvalue weighted by Gasteiger charge is 2.08. The van der Waals surface area contributed by atoms with Gasteiger partial charge in [-0.1, -0.05) is 17.7 Å². The maximum atomic E-state index is 11.0. The Labute approximate surface area is 144 Å². The Kier molecular flexibility index (Phi) is 4.82. The number of anilines is 1. The second-order valence-electron chi connectivity index (χ2n) is 5.15. The minimum Gasteiger partial charge on any atom is -0.487 e. The van der Waals surface area contributed by atoms with Gasteiger partial charge in [0.1, 0.15) is 24.3 Å². The molecule has 0 atom stereocenters. The third-order valence-electron chi connectivity index (χ3n) is 3.18. The predicted molar refractivity (Wildman–Crippen MR) is 92.0 cm³/mol. The van der Waals surface area contributed by atoms with E-state index in [1.807, 2.05) is 12.1 Å². The minimum atomic E-state index is -0.111. The van der Waals surface area contributed by atoms with Crippen LogP contribution in [0.1, 0.15) is 12.6 Å². The fourth-order valence-corrected chi connectivity index (χ4v) is 2.31. The van der Waals surface area contributed by atoms with E-state index in [0.717, 1.165) is 11.3 Å². The van der Waals surface area contributed by atoms with Crippen molar-refractivity contribution in [1.29, 1.82) is 0 Å². The van der Waals surface area contributed by atoms with Gasteiger partial charge in [-0.15, -0.1) is 0 Å². The molecule has 0 unspecified atom stereocenters. The van der Waals surface area contributed by atoms with Crippen LogP contribution in [-0.4, -0.2) is 10.9 Å². The molecule has 24 heavy (non-hydrogen) atoms. The summed E-state index contributed by atoms with van der Waals surface area (Å²) in [6, 6.07) is 14.4. The number of amides is 1. The van der Waals surface area contributed by atoms with E-state index in [2.05, 4.69) is 10.3 Å². The number of ether oxygens (including phenoxy) is 1. The number of carbonyl (C=O) groups is 1. The van der Waals surface area contributed by atoms with Gasteiger partial charge in [0.15, 0.2) is 0 Å². The number of nitrogens with one attached hydrogen (secondary N) is 1. The van der Waals surface area contributed by atoms with Crippen molar-refractivity contribution in [1.82, 2.24) is 4.98 Å². The molecule has 0 spiro atoms. The maximum absolute atomic E-state index is 11.0. The van der Waals surface area contributed by atoms with E-state index in [1.165, 1.54) is 6.92 Å². The SMILES string of the molecule is CC(=O)Nc1ccc(OCc2coc(-c3cccc(Cl)c3)n2)cc1. The van der Waals surface area contributed by atoms with Crippen molar-refractivity contribution in [3.8, 4) is 17.2 Å². The van der Waals surface area contributed by atoms with Crippen molar-refractivity contribution >= 4 is 23.2 Å². The lowest BCUT2D eigenvalue weighted by Crippen LogP contribution is -2.05. The molecular weight excluding hydrogens is 328 g/mol. The topological polar surface area (TPSA) is 64.4 Å². The van der Waals surface area contributed by atoms with E-state index in [4.69, 9.17) is 20.8 Å². The van der Waals surface area contributed by atoms with Gasteiger partial charge in [-0.3, -0.25) is 4.79 Å². The molecule has 1 heterocycles. The van der Waals surface area contributed by atoms with Gasteiger partial charge in [-0.2, -0.15) is 0 Å². The summed E-state index contributed by atoms with van der Waals surface area (Å²) in [6.07, 6.45) is 1.56. The van der Waals surface area contributed by atoms with Gasteiger partial charge in [0.2, 0.25) is 11.8 Å². The van der Waals surface area contributed by atoms with Crippen LogP contribution in [0, 0.1) is 0 Å². The van der Waals surface area contributed by atoms with E-state index in [9.17, 15) is 4.79 Å². The fourth-order valence-electron chi connectivity index (χ4n) is 2.12. The summed E-state index contributed by atoms with van der Waals surface area (Å²) in [5, 5.41) is 3.33. The van der Waals surface area contributed by atoms with Crippen LogP contribution in [-0.2, 0) is 11.4 Å². The lowest BCUT2D eigenvalue weighted by Gasteiger charge is -2.05. The van der Waals surface area contributed by atoms with Gasteiger partial charge in [0.25, 0.3) is 0 Å². The average Bonchev–Trinajstić information content (AvgIpc) is 3.03. The molecule has 0 saturated heterocycles. The summed E-state index contributed by atoms with van der Waals surface area (Å²) >= 11 is 5.97. The summed E-state index contributed by atoms with van der Waals surface area (Å²) in [5.41, 5.74) is 2.21. The van der Waals surface area contributed by atoms with E-state index >= 15 is 0 Å². The number of halogens is 1. The zero-order valence-electron chi connectivity index (χ0n) is 13.0. The van der Waals surface area contributed by atoms with Crippen LogP contribution in [0.2, 0.25) is 5.02 Å². The van der Waals surface area contributed by atoms with Crippen LogP contribution >= 0.6 is 11.6 Å². The normalized spacial score (nSPS) is 10.4.